The predicted molar refractivity (Wildman–Crippen MR) is 55.8 cm³/mol. The van der Waals surface area contributed by atoms with Gasteiger partial charge in [-0.1, -0.05) is 31.2 Å². The van der Waals surface area contributed by atoms with Crippen molar-refractivity contribution in [2.24, 2.45) is 11.1 Å². The maximum Gasteiger partial charge on any atom is 0.320 e. The zero-order valence-corrected chi connectivity index (χ0v) is 8.44. The third-order valence-corrected chi connectivity index (χ3v) is 2.67. The Bertz CT molecular complexity index is 270. The summed E-state index contributed by atoms with van der Waals surface area (Å²) in [6, 6.07) is -0.730. The minimum Gasteiger partial charge on any atom is -0.480 e. The van der Waals surface area contributed by atoms with Crippen LogP contribution in [0.4, 0.5) is 0 Å². The van der Waals surface area contributed by atoms with Gasteiger partial charge in [0.05, 0.1) is 0 Å². The third-order valence-electron chi connectivity index (χ3n) is 2.67. The van der Waals surface area contributed by atoms with Crippen LogP contribution in [0.2, 0.25) is 0 Å². The molecule has 0 heterocycles. The summed E-state index contributed by atoms with van der Waals surface area (Å²) in [5.41, 5.74) is 5.54. The molecule has 0 saturated heterocycles. The zero-order valence-electron chi connectivity index (χ0n) is 8.44. The van der Waals surface area contributed by atoms with Crippen LogP contribution in [-0.4, -0.2) is 17.1 Å². The van der Waals surface area contributed by atoms with E-state index in [0.29, 0.717) is 6.42 Å². The summed E-state index contributed by atoms with van der Waals surface area (Å²) >= 11 is 0. The first-order chi connectivity index (χ1) is 6.53. The van der Waals surface area contributed by atoms with Gasteiger partial charge in [-0.05, 0) is 24.7 Å². The van der Waals surface area contributed by atoms with Crippen molar-refractivity contribution >= 4 is 5.97 Å². The predicted octanol–water partition coefficient (Wildman–Crippen LogP) is 1.70. The van der Waals surface area contributed by atoms with Crippen molar-refractivity contribution in [1.29, 1.82) is 0 Å². The van der Waals surface area contributed by atoms with Crippen molar-refractivity contribution in [2.45, 2.75) is 32.2 Å². The van der Waals surface area contributed by atoms with Crippen LogP contribution < -0.4 is 5.73 Å². The second kappa shape index (κ2) is 4.42. The van der Waals surface area contributed by atoms with Gasteiger partial charge in [-0.15, -0.1) is 0 Å². The van der Waals surface area contributed by atoms with Crippen LogP contribution in [0.15, 0.2) is 24.3 Å². The van der Waals surface area contributed by atoms with Crippen molar-refractivity contribution in [3.63, 3.8) is 0 Å². The van der Waals surface area contributed by atoms with E-state index in [9.17, 15) is 4.79 Å². The van der Waals surface area contributed by atoms with Crippen molar-refractivity contribution in [2.75, 3.05) is 0 Å². The number of hydrogen-bond acceptors (Lipinski definition) is 2. The van der Waals surface area contributed by atoms with E-state index in [1.165, 1.54) is 0 Å². The van der Waals surface area contributed by atoms with E-state index in [2.05, 4.69) is 19.1 Å². The van der Waals surface area contributed by atoms with Crippen LogP contribution in [0.5, 0.6) is 0 Å². The summed E-state index contributed by atoms with van der Waals surface area (Å²) in [4.78, 5) is 10.5. The first-order valence-corrected chi connectivity index (χ1v) is 4.86. The minimum absolute atomic E-state index is 0.0851. The maximum absolute atomic E-state index is 10.5. The van der Waals surface area contributed by atoms with Gasteiger partial charge >= 0.3 is 5.97 Å². The second-order valence-electron chi connectivity index (χ2n) is 4.13. The Labute approximate surface area is 84.3 Å². The molecule has 0 aromatic rings. The lowest BCUT2D eigenvalue weighted by atomic mass is 9.79. The number of nitrogens with two attached hydrogens (primary N) is 1. The summed E-state index contributed by atoms with van der Waals surface area (Å²) in [6.45, 7) is 2.13. The first-order valence-electron chi connectivity index (χ1n) is 4.86. The average molecular weight is 195 g/mol. The molecule has 1 aliphatic rings. The number of aliphatic carboxylic acids is 1. The molecule has 0 aromatic carbocycles. The van der Waals surface area contributed by atoms with Crippen LogP contribution in [0.25, 0.3) is 0 Å². The van der Waals surface area contributed by atoms with Gasteiger partial charge in [0.1, 0.15) is 6.04 Å². The SMILES string of the molecule is CC1(CC[C@H](N)C(=O)O)C=CC=CC1. The number of hydrogen-bond donors (Lipinski definition) is 2. The summed E-state index contributed by atoms with van der Waals surface area (Å²) in [6.07, 6.45) is 10.6. The molecule has 3 nitrogen and oxygen atoms in total. The summed E-state index contributed by atoms with van der Waals surface area (Å²) in [5, 5.41) is 8.64. The monoisotopic (exact) mass is 195 g/mol. The smallest absolute Gasteiger partial charge is 0.320 e. The van der Waals surface area contributed by atoms with E-state index in [1.807, 2.05) is 12.2 Å². The highest BCUT2D eigenvalue weighted by atomic mass is 16.4. The highest BCUT2D eigenvalue weighted by Crippen LogP contribution is 2.32. The lowest BCUT2D eigenvalue weighted by Gasteiger charge is -2.27. The fourth-order valence-electron chi connectivity index (χ4n) is 1.57. The van der Waals surface area contributed by atoms with Crippen LogP contribution >= 0.6 is 0 Å². The zero-order chi connectivity index (χ0) is 10.6. The molecule has 1 rings (SSSR count). The topological polar surface area (TPSA) is 63.3 Å². The lowest BCUT2D eigenvalue weighted by Crippen LogP contribution is -2.31. The molecule has 0 amide bonds. The van der Waals surface area contributed by atoms with Gasteiger partial charge in [-0.2, -0.15) is 0 Å². The number of carboxylic acid groups (broad SMARTS) is 1. The van der Waals surface area contributed by atoms with Crippen molar-refractivity contribution in [3.8, 4) is 0 Å². The van der Waals surface area contributed by atoms with E-state index >= 15 is 0 Å². The van der Waals surface area contributed by atoms with Gasteiger partial charge in [0.25, 0.3) is 0 Å². The van der Waals surface area contributed by atoms with Gasteiger partial charge in [-0.25, -0.2) is 0 Å². The van der Waals surface area contributed by atoms with Gasteiger partial charge in [0.15, 0.2) is 0 Å². The third kappa shape index (κ3) is 3.00. The molecule has 0 spiro atoms. The number of carboxylic acids is 1. The second-order valence-corrected chi connectivity index (χ2v) is 4.13. The van der Waals surface area contributed by atoms with E-state index < -0.39 is 12.0 Å². The quantitative estimate of drug-likeness (QED) is 0.717. The summed E-state index contributed by atoms with van der Waals surface area (Å²) in [5.74, 6) is -0.913. The standard InChI is InChI=1S/C11H17NO2/c1-11(6-3-2-4-7-11)8-5-9(12)10(13)14/h2-4,6,9H,5,7-8,12H2,1H3,(H,13,14)/t9-,11?/m0/s1. The summed E-state index contributed by atoms with van der Waals surface area (Å²) < 4.78 is 0. The fraction of sp³-hybridized carbons (Fsp3) is 0.545. The van der Waals surface area contributed by atoms with Crippen molar-refractivity contribution in [1.82, 2.24) is 0 Å². The minimum atomic E-state index is -0.913. The van der Waals surface area contributed by atoms with E-state index in [0.717, 1.165) is 12.8 Å². The normalized spacial score (nSPS) is 27.6. The molecular weight excluding hydrogens is 178 g/mol. The molecule has 14 heavy (non-hydrogen) atoms. The maximum atomic E-state index is 10.5. The Morgan fingerprint density at radius 3 is 2.86 bits per heavy atom. The Balaban J connectivity index is 2.41. The Hall–Kier alpha value is -1.09. The van der Waals surface area contributed by atoms with Crippen LogP contribution in [-0.2, 0) is 4.79 Å². The van der Waals surface area contributed by atoms with Gasteiger partial charge in [0.2, 0.25) is 0 Å². The Kier molecular flexibility index (Phi) is 3.47. The van der Waals surface area contributed by atoms with Crippen LogP contribution in [0.3, 0.4) is 0 Å². The Morgan fingerprint density at radius 2 is 2.36 bits per heavy atom. The molecule has 1 unspecified atom stereocenters. The van der Waals surface area contributed by atoms with Crippen molar-refractivity contribution < 1.29 is 9.90 Å². The van der Waals surface area contributed by atoms with Gasteiger partial charge < -0.3 is 10.8 Å². The first kappa shape index (κ1) is 11.0. The molecule has 0 bridgehead atoms. The molecule has 0 aliphatic heterocycles. The van der Waals surface area contributed by atoms with Gasteiger partial charge in [0, 0.05) is 0 Å². The average Bonchev–Trinajstić information content (AvgIpc) is 2.15. The molecule has 78 valence electrons. The molecule has 1 aliphatic carbocycles. The van der Waals surface area contributed by atoms with Crippen LogP contribution in [0, 0.1) is 5.41 Å². The van der Waals surface area contributed by atoms with Crippen LogP contribution in [0.1, 0.15) is 26.2 Å². The molecule has 0 aromatic heterocycles. The molecule has 0 radical (unpaired) electrons. The highest BCUT2D eigenvalue weighted by Gasteiger charge is 2.23. The molecule has 0 fully saturated rings. The largest absolute Gasteiger partial charge is 0.480 e. The number of carbonyl (C=O) groups is 1. The van der Waals surface area contributed by atoms with E-state index in [-0.39, 0.29) is 5.41 Å². The molecule has 3 N–H and O–H groups in total. The number of rotatable bonds is 4. The molecule has 0 saturated carbocycles. The molecular formula is C11H17NO2. The Morgan fingerprint density at radius 1 is 1.64 bits per heavy atom. The number of allylic oxidation sites excluding steroid dienone is 4. The summed E-state index contributed by atoms with van der Waals surface area (Å²) in [7, 11) is 0. The van der Waals surface area contributed by atoms with E-state index in [4.69, 9.17) is 10.8 Å². The molecule has 3 heteroatoms. The fourth-order valence-corrected chi connectivity index (χ4v) is 1.57. The lowest BCUT2D eigenvalue weighted by molar-refractivity contribution is -0.138. The van der Waals surface area contributed by atoms with Crippen molar-refractivity contribution in [3.05, 3.63) is 24.3 Å². The van der Waals surface area contributed by atoms with E-state index in [1.54, 1.807) is 0 Å². The highest BCUT2D eigenvalue weighted by molar-refractivity contribution is 5.72. The molecule has 2 atom stereocenters. The van der Waals surface area contributed by atoms with Gasteiger partial charge in [-0.3, -0.25) is 4.79 Å².